The average Bonchev–Trinajstić information content (AvgIpc) is 2.87. The molecule has 1 aliphatic rings. The Morgan fingerprint density at radius 1 is 1.06 bits per heavy atom. The third-order valence-corrected chi connectivity index (χ3v) is 6.87. The summed E-state index contributed by atoms with van der Waals surface area (Å²) in [5.41, 5.74) is 2.39. The van der Waals surface area contributed by atoms with Gasteiger partial charge in [-0.05, 0) is 30.9 Å². The molecule has 1 aliphatic heterocycles. The van der Waals surface area contributed by atoms with Gasteiger partial charge in [-0.1, -0.05) is 65.0 Å². The number of rotatable bonds is 15. The maximum atomic E-state index is 10.8. The summed E-state index contributed by atoms with van der Waals surface area (Å²) in [7, 11) is 1.42. The first kappa shape index (κ1) is 31.5. The molecule has 1 aromatic rings. The molecular formula is C29H47N3O3S+2. The second-order valence-corrected chi connectivity index (χ2v) is 10.1. The fourth-order valence-corrected chi connectivity index (χ4v) is 4.16. The average molecular weight is 518 g/mol. The number of hydrogen-bond acceptors (Lipinski definition) is 3. The number of aryl methyl sites for hydroxylation is 1. The van der Waals surface area contributed by atoms with Crippen LogP contribution >= 0.6 is 0 Å². The van der Waals surface area contributed by atoms with Crippen molar-refractivity contribution in [3.8, 4) is 0 Å². The highest BCUT2D eigenvalue weighted by Crippen LogP contribution is 2.13. The van der Waals surface area contributed by atoms with E-state index in [1.54, 1.807) is 6.92 Å². The Morgan fingerprint density at radius 3 is 2.25 bits per heavy atom. The second kappa shape index (κ2) is 19.6. The Kier molecular flexibility index (Phi) is 17.2. The molecule has 0 bridgehead atoms. The Morgan fingerprint density at radius 2 is 1.67 bits per heavy atom. The van der Waals surface area contributed by atoms with Crippen LogP contribution in [0.1, 0.15) is 90.5 Å². The third-order valence-electron chi connectivity index (χ3n) is 5.83. The first-order valence-corrected chi connectivity index (χ1v) is 14.4. The van der Waals surface area contributed by atoms with E-state index in [2.05, 4.69) is 66.8 Å². The zero-order valence-electron chi connectivity index (χ0n) is 22.8. The fraction of sp³-hybridized carbons (Fsp3) is 0.552. The van der Waals surface area contributed by atoms with Crippen LogP contribution in [0.5, 0.6) is 0 Å². The normalized spacial score (nSPS) is 15.8. The number of likely N-dealkylation sites (N-methyl/N-ethyl adjacent to an activating group) is 1. The quantitative estimate of drug-likeness (QED) is 0.160. The summed E-state index contributed by atoms with van der Waals surface area (Å²) in [6.45, 7) is 12.2. The molecule has 0 spiro atoms. The molecule has 0 aliphatic carbocycles. The van der Waals surface area contributed by atoms with Crippen molar-refractivity contribution in [3.63, 3.8) is 0 Å². The van der Waals surface area contributed by atoms with Crippen molar-refractivity contribution in [2.24, 2.45) is 0 Å². The molecule has 1 N–H and O–H groups in total. The van der Waals surface area contributed by atoms with E-state index in [1.807, 2.05) is 6.08 Å². The van der Waals surface area contributed by atoms with E-state index >= 15 is 0 Å². The predicted molar refractivity (Wildman–Crippen MR) is 150 cm³/mol. The summed E-state index contributed by atoms with van der Waals surface area (Å²) in [6, 6.07) is 4.39. The first-order chi connectivity index (χ1) is 17.4. The molecule has 1 aromatic heterocycles. The molecule has 6 nitrogen and oxygen atoms in total. The highest BCUT2D eigenvalue weighted by atomic mass is 32.2. The lowest BCUT2D eigenvalue weighted by Gasteiger charge is -2.18. The Labute approximate surface area is 221 Å². The first-order valence-electron chi connectivity index (χ1n) is 13.4. The molecule has 2 rings (SSSR count). The van der Waals surface area contributed by atoms with Gasteiger partial charge in [0.25, 0.3) is 5.91 Å². The lowest BCUT2D eigenvalue weighted by Crippen LogP contribution is -2.68. The summed E-state index contributed by atoms with van der Waals surface area (Å²) in [5, 5.41) is 0. The zero-order chi connectivity index (χ0) is 26.6. The van der Waals surface area contributed by atoms with E-state index in [0.29, 0.717) is 5.76 Å². The van der Waals surface area contributed by atoms with Crippen LogP contribution in [0.25, 0.3) is 5.57 Å². The number of aromatic nitrogens is 1. The topological polar surface area (TPSA) is 64.5 Å². The van der Waals surface area contributed by atoms with E-state index in [4.69, 9.17) is 4.18 Å². The summed E-state index contributed by atoms with van der Waals surface area (Å²) in [6.07, 6.45) is 25.0. The standard InChI is InChI=1S/C24H39N2.C5H7NO3S/c1-4-7-9-11-13-18-25-19-15-23(6-3)24-16-21-26(22-17-24)20-14-12-10-8-5-2;1-4-3-5(7)6(2)10(8)9-4/h6,15-17,19,21-22H,3-5,7-14,18,20H2,1-2H3;3H,1-2H3/q+1;/p+1/b23-15+,25-19?;. The van der Waals surface area contributed by atoms with Gasteiger partial charge in [0, 0.05) is 44.2 Å². The number of pyridine rings is 1. The number of allylic oxidation sites excluding steroid dienone is 4. The van der Waals surface area contributed by atoms with Gasteiger partial charge in [-0.15, -0.1) is 0 Å². The number of carbonyl (C=O) groups is 1. The van der Waals surface area contributed by atoms with Gasteiger partial charge in [0.1, 0.15) is 18.8 Å². The van der Waals surface area contributed by atoms with Crippen molar-refractivity contribution in [1.29, 1.82) is 0 Å². The fourth-order valence-electron chi connectivity index (χ4n) is 3.57. The molecule has 0 saturated heterocycles. The highest BCUT2D eigenvalue weighted by Gasteiger charge is 2.20. The molecule has 0 fully saturated rings. The lowest BCUT2D eigenvalue weighted by molar-refractivity contribution is -0.697. The van der Waals surface area contributed by atoms with Gasteiger partial charge in [-0.25, -0.2) is 13.9 Å². The minimum absolute atomic E-state index is 0.290. The van der Waals surface area contributed by atoms with Crippen molar-refractivity contribution in [2.45, 2.75) is 91.5 Å². The largest absolute Gasteiger partial charge is 0.389 e. The van der Waals surface area contributed by atoms with Crippen LogP contribution in [0.15, 0.2) is 55.1 Å². The van der Waals surface area contributed by atoms with Crippen molar-refractivity contribution < 1.29 is 22.7 Å². The van der Waals surface area contributed by atoms with Gasteiger partial charge in [0.2, 0.25) is 0 Å². The van der Waals surface area contributed by atoms with Crippen LogP contribution < -0.4 is 9.56 Å². The summed E-state index contributed by atoms with van der Waals surface area (Å²) < 4.78 is 18.8. The van der Waals surface area contributed by atoms with Crippen molar-refractivity contribution in [1.82, 2.24) is 4.31 Å². The van der Waals surface area contributed by atoms with Crippen molar-refractivity contribution >= 4 is 29.0 Å². The van der Waals surface area contributed by atoms with Crippen LogP contribution in [0.2, 0.25) is 0 Å². The maximum Gasteiger partial charge on any atom is 0.320 e. The van der Waals surface area contributed by atoms with Gasteiger partial charge in [-0.3, -0.25) is 4.79 Å². The minimum atomic E-state index is -1.63. The number of nitrogens with zero attached hydrogens (tertiary/aromatic N) is 2. The maximum absolute atomic E-state index is 10.8. The third kappa shape index (κ3) is 13.5. The van der Waals surface area contributed by atoms with Gasteiger partial charge < -0.3 is 4.18 Å². The van der Waals surface area contributed by atoms with Crippen LogP contribution in [0, 0.1) is 0 Å². The highest BCUT2D eigenvalue weighted by molar-refractivity contribution is 7.78. The number of amides is 1. The molecule has 0 saturated carbocycles. The Hall–Kier alpha value is -2.54. The van der Waals surface area contributed by atoms with Gasteiger partial charge in [0.15, 0.2) is 18.6 Å². The molecular weight excluding hydrogens is 470 g/mol. The summed E-state index contributed by atoms with van der Waals surface area (Å²) >= 11 is -1.63. The number of hydrogen-bond donors (Lipinski definition) is 1. The van der Waals surface area contributed by atoms with E-state index in [-0.39, 0.29) is 5.91 Å². The lowest BCUT2D eigenvalue weighted by atomic mass is 10.1. The van der Waals surface area contributed by atoms with Gasteiger partial charge in [0.05, 0.1) is 0 Å². The summed E-state index contributed by atoms with van der Waals surface area (Å²) in [4.78, 5) is 14.2. The summed E-state index contributed by atoms with van der Waals surface area (Å²) in [5.74, 6) is 0.100. The minimum Gasteiger partial charge on any atom is -0.389 e. The molecule has 1 atom stereocenters. The van der Waals surface area contributed by atoms with Gasteiger partial charge >= 0.3 is 11.3 Å². The SMILES string of the molecule is C=C/C(=C\C=[NH+]CCCCCCC)c1cc[n+](CCCCCCC)cc1.CC1=CC(=O)N(C)S(=O)O1. The van der Waals surface area contributed by atoms with E-state index < -0.39 is 11.3 Å². The number of unbranched alkanes of at least 4 members (excludes halogenated alkanes) is 8. The van der Waals surface area contributed by atoms with Crippen LogP contribution in [0.3, 0.4) is 0 Å². The molecule has 1 unspecified atom stereocenters. The molecule has 0 radical (unpaired) electrons. The van der Waals surface area contributed by atoms with E-state index in [0.717, 1.165) is 17.4 Å². The second-order valence-electron chi connectivity index (χ2n) is 8.99. The van der Waals surface area contributed by atoms with E-state index in [9.17, 15) is 9.00 Å². The molecule has 7 heteroatoms. The monoisotopic (exact) mass is 517 g/mol. The number of nitrogens with one attached hydrogen (secondary N) is 1. The molecule has 200 valence electrons. The van der Waals surface area contributed by atoms with Crippen LogP contribution in [-0.2, 0) is 26.8 Å². The van der Waals surface area contributed by atoms with Gasteiger partial charge in [-0.2, -0.15) is 4.21 Å². The van der Waals surface area contributed by atoms with Crippen molar-refractivity contribution in [2.75, 3.05) is 13.6 Å². The van der Waals surface area contributed by atoms with Crippen LogP contribution in [0.4, 0.5) is 0 Å². The molecule has 1 amide bonds. The smallest absolute Gasteiger partial charge is 0.320 e. The predicted octanol–water partition coefficient (Wildman–Crippen LogP) is 4.59. The van der Waals surface area contributed by atoms with E-state index in [1.165, 1.54) is 88.5 Å². The molecule has 0 aromatic carbocycles. The Bertz CT molecular complexity index is 892. The Balaban J connectivity index is 0.000000537. The van der Waals surface area contributed by atoms with Crippen molar-refractivity contribution in [3.05, 3.63) is 60.7 Å². The zero-order valence-corrected chi connectivity index (χ0v) is 23.7. The number of carbonyl (C=O) groups excluding carboxylic acids is 1. The molecule has 2 heterocycles. The van der Waals surface area contributed by atoms with Crippen LogP contribution in [-0.4, -0.2) is 34.2 Å². The molecule has 36 heavy (non-hydrogen) atoms.